The van der Waals surface area contributed by atoms with E-state index in [1.165, 1.54) is 12.1 Å². The van der Waals surface area contributed by atoms with E-state index in [0.29, 0.717) is 0 Å². The van der Waals surface area contributed by atoms with Gasteiger partial charge >= 0.3 is 0 Å². The van der Waals surface area contributed by atoms with Crippen LogP contribution in [0.4, 0.5) is 0 Å². The lowest BCUT2D eigenvalue weighted by Gasteiger charge is -2.22. The van der Waals surface area contributed by atoms with Crippen LogP contribution >= 0.6 is 0 Å². The number of nitrogens with one attached hydrogen (secondary N) is 1. The number of aldehydes is 1. The average molecular weight is 363 g/mol. The molecule has 0 aromatic heterocycles. The lowest BCUT2D eigenvalue weighted by molar-refractivity contribution is -0.136. The number of aliphatic hydroxyl groups is 5. The third kappa shape index (κ3) is 4.56. The Morgan fingerprint density at radius 1 is 1.08 bits per heavy atom. The number of fused-ring (bicyclic) bond motifs is 1. The Kier molecular flexibility index (Phi) is 6.95. The fraction of sp³-hybridized carbons (Fsp3) is 0.385. The van der Waals surface area contributed by atoms with E-state index in [1.807, 2.05) is 4.72 Å². The molecule has 0 fully saturated rings. The molecule has 0 spiro atoms. The molecule has 0 saturated carbocycles. The Balaban J connectivity index is 0.000000240. The van der Waals surface area contributed by atoms with Crippen LogP contribution in [0.3, 0.4) is 0 Å². The Labute approximate surface area is 137 Å². The molecule has 0 saturated heterocycles. The first kappa shape index (κ1) is 20.2. The van der Waals surface area contributed by atoms with Crippen LogP contribution in [0.2, 0.25) is 0 Å². The first-order chi connectivity index (χ1) is 11.2. The van der Waals surface area contributed by atoms with E-state index in [4.69, 9.17) is 25.5 Å². The molecule has 0 radical (unpaired) electrons. The van der Waals surface area contributed by atoms with Crippen LogP contribution in [0.15, 0.2) is 29.2 Å². The molecule has 2 rings (SSSR count). The summed E-state index contributed by atoms with van der Waals surface area (Å²) in [6, 6.07) is 6.09. The molecular weight excluding hydrogens is 346 g/mol. The molecule has 11 heteroatoms. The minimum atomic E-state index is -3.55. The molecule has 4 atom stereocenters. The molecule has 134 valence electrons. The van der Waals surface area contributed by atoms with Gasteiger partial charge in [0.1, 0.15) is 29.3 Å². The first-order valence-corrected chi connectivity index (χ1v) is 8.08. The van der Waals surface area contributed by atoms with Gasteiger partial charge in [-0.25, -0.2) is 13.1 Å². The Morgan fingerprint density at radius 2 is 1.67 bits per heavy atom. The van der Waals surface area contributed by atoms with Crippen molar-refractivity contribution in [2.75, 3.05) is 6.61 Å². The highest BCUT2D eigenvalue weighted by atomic mass is 32.2. The minimum Gasteiger partial charge on any atom is -0.394 e. The van der Waals surface area contributed by atoms with Crippen molar-refractivity contribution in [3.63, 3.8) is 0 Å². The minimum absolute atomic E-state index is 0.0258. The molecule has 10 nitrogen and oxygen atoms in total. The third-order valence-corrected chi connectivity index (χ3v) is 4.46. The highest BCUT2D eigenvalue weighted by Crippen LogP contribution is 2.20. The lowest BCUT2D eigenvalue weighted by Crippen LogP contribution is -2.46. The van der Waals surface area contributed by atoms with Crippen molar-refractivity contribution < 1.29 is 43.5 Å². The second kappa shape index (κ2) is 8.28. The van der Waals surface area contributed by atoms with Gasteiger partial charge in [0.05, 0.1) is 12.2 Å². The molecule has 1 aliphatic heterocycles. The van der Waals surface area contributed by atoms with Gasteiger partial charge in [-0.05, 0) is 12.1 Å². The summed E-state index contributed by atoms with van der Waals surface area (Å²) in [5.74, 6) is -0.550. The van der Waals surface area contributed by atoms with Crippen LogP contribution in [0.1, 0.15) is 10.4 Å². The van der Waals surface area contributed by atoms with Gasteiger partial charge in [-0.3, -0.25) is 4.79 Å². The van der Waals surface area contributed by atoms with Crippen molar-refractivity contribution in [2.45, 2.75) is 29.3 Å². The van der Waals surface area contributed by atoms with Gasteiger partial charge in [0, 0.05) is 0 Å². The van der Waals surface area contributed by atoms with Gasteiger partial charge in [0.15, 0.2) is 6.29 Å². The molecule has 0 bridgehead atoms. The molecule has 1 heterocycles. The predicted molar refractivity (Wildman–Crippen MR) is 78.3 cm³/mol. The summed E-state index contributed by atoms with van der Waals surface area (Å²) in [7, 11) is -3.55. The molecule has 24 heavy (non-hydrogen) atoms. The number of amides is 1. The SMILES string of the molecule is O=C1NS(=O)(=O)c2ccccc21.O=C[C@H](O)[C@@H](O)[C@H](O)[C@H](O)CO. The van der Waals surface area contributed by atoms with Gasteiger partial charge < -0.3 is 30.3 Å². The van der Waals surface area contributed by atoms with E-state index < -0.39 is 47.0 Å². The van der Waals surface area contributed by atoms with Crippen LogP contribution in [0.5, 0.6) is 0 Å². The van der Waals surface area contributed by atoms with Crippen LogP contribution in [0, 0.1) is 0 Å². The quantitative estimate of drug-likeness (QED) is 0.292. The zero-order chi connectivity index (χ0) is 18.5. The molecule has 0 aliphatic carbocycles. The second-order valence-electron chi connectivity index (χ2n) is 4.79. The van der Waals surface area contributed by atoms with Gasteiger partial charge in [-0.1, -0.05) is 12.1 Å². The van der Waals surface area contributed by atoms with Gasteiger partial charge in [-0.2, -0.15) is 0 Å². The highest BCUT2D eigenvalue weighted by Gasteiger charge is 2.31. The monoisotopic (exact) mass is 363 g/mol. The van der Waals surface area contributed by atoms with E-state index in [2.05, 4.69) is 0 Å². The Hall–Kier alpha value is -1.89. The average Bonchev–Trinajstić information content (AvgIpc) is 2.82. The van der Waals surface area contributed by atoms with Crippen molar-refractivity contribution >= 4 is 22.2 Å². The smallest absolute Gasteiger partial charge is 0.266 e. The molecule has 6 N–H and O–H groups in total. The summed E-state index contributed by atoms with van der Waals surface area (Å²) in [6.07, 6.45) is -6.84. The molecule has 1 aliphatic rings. The standard InChI is InChI=1S/C7H5NO3S.C6H12O6/c9-7-5-3-1-2-4-6(5)12(10,11)8-7;7-1-3(9)5(11)6(12)4(10)2-8/h1-4H,(H,8,9);1,3-6,8-12H,2H2/t;3-,4+,5+,6+/m.0/s1. The molecule has 1 aromatic carbocycles. The summed E-state index contributed by atoms with van der Waals surface area (Å²) in [4.78, 5) is 21.0. The van der Waals surface area contributed by atoms with E-state index in [9.17, 15) is 18.0 Å². The number of carbonyl (C=O) groups excluding carboxylic acids is 2. The number of carbonyl (C=O) groups is 2. The number of sulfonamides is 1. The first-order valence-electron chi connectivity index (χ1n) is 6.60. The van der Waals surface area contributed by atoms with E-state index in [0.717, 1.165) is 0 Å². The lowest BCUT2D eigenvalue weighted by atomic mass is 10.0. The maximum absolute atomic E-state index is 11.1. The van der Waals surface area contributed by atoms with Gasteiger partial charge in [-0.15, -0.1) is 0 Å². The Morgan fingerprint density at radius 3 is 2.17 bits per heavy atom. The van der Waals surface area contributed by atoms with E-state index >= 15 is 0 Å². The van der Waals surface area contributed by atoms with Crippen molar-refractivity contribution in [3.05, 3.63) is 29.8 Å². The van der Waals surface area contributed by atoms with Crippen LogP contribution < -0.4 is 4.72 Å². The normalized spacial score (nSPS) is 19.8. The Bertz CT molecular complexity index is 690. The summed E-state index contributed by atoms with van der Waals surface area (Å²) in [5.41, 5.74) is 0.220. The van der Waals surface area contributed by atoms with Crippen LogP contribution in [0.25, 0.3) is 0 Å². The predicted octanol–water partition coefficient (Wildman–Crippen LogP) is -3.26. The molecule has 1 aromatic rings. The highest BCUT2D eigenvalue weighted by molar-refractivity contribution is 7.90. The summed E-state index contributed by atoms with van der Waals surface area (Å²) in [5, 5.41) is 43.5. The van der Waals surface area contributed by atoms with Crippen LogP contribution in [-0.4, -0.2) is 77.2 Å². The summed E-state index contributed by atoms with van der Waals surface area (Å²) >= 11 is 0. The largest absolute Gasteiger partial charge is 0.394 e. The van der Waals surface area contributed by atoms with Crippen molar-refractivity contribution in [3.8, 4) is 0 Å². The topological polar surface area (TPSA) is 181 Å². The number of benzene rings is 1. The zero-order valence-corrected chi connectivity index (χ0v) is 13.0. The van der Waals surface area contributed by atoms with Crippen molar-refractivity contribution in [1.82, 2.24) is 4.72 Å². The maximum Gasteiger partial charge on any atom is 0.266 e. The second-order valence-corrected chi connectivity index (χ2v) is 6.44. The van der Waals surface area contributed by atoms with Gasteiger partial charge in [0.25, 0.3) is 15.9 Å². The van der Waals surface area contributed by atoms with Crippen molar-refractivity contribution in [2.24, 2.45) is 0 Å². The molecule has 1 amide bonds. The zero-order valence-electron chi connectivity index (χ0n) is 12.2. The number of hydrogen-bond acceptors (Lipinski definition) is 9. The van der Waals surface area contributed by atoms with Crippen molar-refractivity contribution in [1.29, 1.82) is 0 Å². The number of hydrogen-bond donors (Lipinski definition) is 6. The number of aliphatic hydroxyl groups excluding tert-OH is 5. The molecule has 0 unspecified atom stereocenters. The fourth-order valence-corrected chi connectivity index (χ4v) is 2.91. The number of rotatable bonds is 5. The fourth-order valence-electron chi connectivity index (χ4n) is 1.74. The maximum atomic E-state index is 11.1. The van der Waals surface area contributed by atoms with E-state index in [-0.39, 0.29) is 16.7 Å². The van der Waals surface area contributed by atoms with E-state index in [1.54, 1.807) is 12.1 Å². The third-order valence-electron chi connectivity index (χ3n) is 3.07. The molecular formula is C13H17NO9S. The summed E-state index contributed by atoms with van der Waals surface area (Å²) in [6.45, 7) is -0.760. The van der Waals surface area contributed by atoms with Crippen LogP contribution in [-0.2, 0) is 14.8 Å². The van der Waals surface area contributed by atoms with Gasteiger partial charge in [0.2, 0.25) is 0 Å². The summed E-state index contributed by atoms with van der Waals surface area (Å²) < 4.78 is 24.2.